The molecule has 128 valence electrons. The molecule has 2 heterocycles. The molecular formula is C17H15N3O4S. The van der Waals surface area contributed by atoms with Crippen molar-refractivity contribution in [3.05, 3.63) is 51.8 Å². The summed E-state index contributed by atoms with van der Waals surface area (Å²) in [6.45, 7) is 1.71. The number of thioether (sulfide) groups is 1. The number of nitriles is 1. The monoisotopic (exact) mass is 357 g/mol. The average molecular weight is 357 g/mol. The molecule has 0 aliphatic carbocycles. The van der Waals surface area contributed by atoms with Crippen LogP contribution in [0.25, 0.3) is 0 Å². The average Bonchev–Trinajstić information content (AvgIpc) is 2.90. The van der Waals surface area contributed by atoms with E-state index in [2.05, 4.69) is 0 Å². The van der Waals surface area contributed by atoms with Crippen LogP contribution in [0.5, 0.6) is 5.75 Å². The van der Waals surface area contributed by atoms with Gasteiger partial charge in [0.1, 0.15) is 11.6 Å². The quantitative estimate of drug-likeness (QED) is 0.771. The molecule has 1 aromatic rings. The third-order valence-corrected chi connectivity index (χ3v) is 5.32. The number of phenols is 1. The highest BCUT2D eigenvalue weighted by Gasteiger charge is 2.47. The number of carbonyl (C=O) groups is 2. The van der Waals surface area contributed by atoms with E-state index in [0.717, 1.165) is 0 Å². The number of benzene rings is 1. The van der Waals surface area contributed by atoms with E-state index in [9.17, 15) is 20.0 Å². The predicted molar refractivity (Wildman–Crippen MR) is 90.6 cm³/mol. The van der Waals surface area contributed by atoms with Crippen LogP contribution in [0.15, 0.2) is 46.3 Å². The molecule has 7 nitrogen and oxygen atoms in total. The van der Waals surface area contributed by atoms with Crippen LogP contribution in [0.4, 0.5) is 0 Å². The Kier molecular flexibility index (Phi) is 4.18. The SMILES string of the molecule is COC(=O)C1=C2S[C@@H](C)C(=O)N2C(N)=C(C#N)[C@@H]1c1ccc(O)cc1. The number of nitrogens with zero attached hydrogens (tertiary/aromatic N) is 2. The summed E-state index contributed by atoms with van der Waals surface area (Å²) in [5.74, 6) is -1.61. The number of carbonyl (C=O) groups excluding carboxylic acids is 2. The number of fused-ring (bicyclic) bond motifs is 1. The molecule has 25 heavy (non-hydrogen) atoms. The van der Waals surface area contributed by atoms with E-state index in [0.29, 0.717) is 10.6 Å². The van der Waals surface area contributed by atoms with Gasteiger partial charge in [-0.15, -0.1) is 0 Å². The van der Waals surface area contributed by atoms with Crippen molar-refractivity contribution in [2.45, 2.75) is 18.1 Å². The third-order valence-electron chi connectivity index (χ3n) is 4.14. The van der Waals surface area contributed by atoms with Gasteiger partial charge in [0.15, 0.2) is 0 Å². The summed E-state index contributed by atoms with van der Waals surface area (Å²) >= 11 is 1.21. The first-order chi connectivity index (χ1) is 11.9. The fraction of sp³-hybridized carbons (Fsp3) is 0.235. The summed E-state index contributed by atoms with van der Waals surface area (Å²) in [6, 6.07) is 8.15. The molecule has 2 aliphatic rings. The highest BCUT2D eigenvalue weighted by molar-refractivity contribution is 8.04. The molecule has 0 bridgehead atoms. The Labute approximate surface area is 148 Å². The van der Waals surface area contributed by atoms with Crippen molar-refractivity contribution in [1.82, 2.24) is 4.90 Å². The molecule has 0 spiro atoms. The zero-order valence-corrected chi connectivity index (χ0v) is 14.3. The van der Waals surface area contributed by atoms with Crippen molar-refractivity contribution in [3.63, 3.8) is 0 Å². The molecule has 1 fully saturated rings. The second-order valence-electron chi connectivity index (χ2n) is 5.58. The Morgan fingerprint density at radius 3 is 2.60 bits per heavy atom. The number of ether oxygens (including phenoxy) is 1. The summed E-state index contributed by atoms with van der Waals surface area (Å²) in [5, 5.41) is 19.1. The predicted octanol–water partition coefficient (Wildman–Crippen LogP) is 1.53. The van der Waals surface area contributed by atoms with Gasteiger partial charge in [-0.25, -0.2) is 4.79 Å². The Hall–Kier alpha value is -2.92. The number of hydrogen-bond acceptors (Lipinski definition) is 7. The highest BCUT2D eigenvalue weighted by atomic mass is 32.2. The van der Waals surface area contributed by atoms with E-state index in [1.54, 1.807) is 19.1 Å². The number of phenolic OH excluding ortho intramolecular Hbond substituents is 1. The van der Waals surface area contributed by atoms with Gasteiger partial charge in [-0.1, -0.05) is 23.9 Å². The molecule has 3 N–H and O–H groups in total. The molecule has 1 aromatic carbocycles. The van der Waals surface area contributed by atoms with Crippen LogP contribution in [-0.2, 0) is 14.3 Å². The third kappa shape index (κ3) is 2.53. The van der Waals surface area contributed by atoms with Gasteiger partial charge in [0, 0.05) is 0 Å². The van der Waals surface area contributed by atoms with Gasteiger partial charge in [0.05, 0.1) is 40.5 Å². The molecule has 1 amide bonds. The first-order valence-electron chi connectivity index (χ1n) is 7.42. The van der Waals surface area contributed by atoms with Crippen molar-refractivity contribution in [2.75, 3.05) is 7.11 Å². The molecule has 0 saturated carbocycles. The van der Waals surface area contributed by atoms with Gasteiger partial charge in [-0.05, 0) is 24.6 Å². The Balaban J connectivity index is 2.28. The van der Waals surface area contributed by atoms with Gasteiger partial charge in [-0.2, -0.15) is 5.26 Å². The van der Waals surface area contributed by atoms with E-state index in [4.69, 9.17) is 10.5 Å². The zero-order chi connectivity index (χ0) is 18.3. The maximum atomic E-state index is 12.5. The first kappa shape index (κ1) is 16.9. The zero-order valence-electron chi connectivity index (χ0n) is 13.5. The lowest BCUT2D eigenvalue weighted by Gasteiger charge is -2.31. The van der Waals surface area contributed by atoms with E-state index in [1.807, 2.05) is 6.07 Å². The minimum absolute atomic E-state index is 0.0186. The fourth-order valence-corrected chi connectivity index (χ4v) is 4.10. The summed E-state index contributed by atoms with van der Waals surface area (Å²) in [7, 11) is 1.24. The van der Waals surface area contributed by atoms with E-state index in [-0.39, 0.29) is 28.6 Å². The van der Waals surface area contributed by atoms with Crippen LogP contribution in [-0.4, -0.2) is 34.2 Å². The summed E-state index contributed by atoms with van der Waals surface area (Å²) in [5.41, 5.74) is 6.99. The number of nitrogens with two attached hydrogens (primary N) is 1. The van der Waals surface area contributed by atoms with Crippen LogP contribution in [0.3, 0.4) is 0 Å². The highest BCUT2D eigenvalue weighted by Crippen LogP contribution is 2.49. The molecule has 2 atom stereocenters. The minimum Gasteiger partial charge on any atom is -0.508 e. The van der Waals surface area contributed by atoms with Crippen LogP contribution in [0, 0.1) is 11.3 Å². The standard InChI is InChI=1S/C17H15N3O4S/c1-8-15(22)20-14(19)11(7-18)12(9-3-5-10(21)6-4-9)13(16(20)25-8)17(23)24-2/h3-6,8,12,21H,19H2,1-2H3/t8-,12-/m0/s1. The van der Waals surface area contributed by atoms with Crippen LogP contribution >= 0.6 is 11.8 Å². The number of methoxy groups -OCH3 is 1. The van der Waals surface area contributed by atoms with Crippen molar-refractivity contribution in [3.8, 4) is 11.8 Å². The second-order valence-corrected chi connectivity index (χ2v) is 6.91. The molecule has 0 unspecified atom stereocenters. The maximum absolute atomic E-state index is 12.5. The number of aromatic hydroxyl groups is 1. The lowest BCUT2D eigenvalue weighted by Crippen LogP contribution is -2.37. The first-order valence-corrected chi connectivity index (χ1v) is 8.30. The molecule has 1 saturated heterocycles. The van der Waals surface area contributed by atoms with Gasteiger partial charge >= 0.3 is 5.97 Å². The van der Waals surface area contributed by atoms with E-state index >= 15 is 0 Å². The number of esters is 1. The summed E-state index contributed by atoms with van der Waals surface area (Å²) in [4.78, 5) is 26.1. The van der Waals surface area contributed by atoms with Crippen molar-refractivity contribution >= 4 is 23.6 Å². The lowest BCUT2D eigenvalue weighted by atomic mass is 9.83. The number of rotatable bonds is 2. The van der Waals surface area contributed by atoms with E-state index in [1.165, 1.54) is 35.9 Å². The molecule has 0 aromatic heterocycles. The van der Waals surface area contributed by atoms with Crippen LogP contribution in [0.1, 0.15) is 18.4 Å². The van der Waals surface area contributed by atoms with Crippen LogP contribution in [0.2, 0.25) is 0 Å². The fourth-order valence-electron chi connectivity index (χ4n) is 2.94. The molecule has 3 rings (SSSR count). The smallest absolute Gasteiger partial charge is 0.337 e. The van der Waals surface area contributed by atoms with E-state index < -0.39 is 17.1 Å². The van der Waals surface area contributed by atoms with Gasteiger partial charge < -0.3 is 15.6 Å². The summed E-state index contributed by atoms with van der Waals surface area (Å²) < 4.78 is 4.90. The molecule has 8 heteroatoms. The van der Waals surface area contributed by atoms with Gasteiger partial charge in [-0.3, -0.25) is 9.69 Å². The summed E-state index contributed by atoms with van der Waals surface area (Å²) in [6.07, 6.45) is 0. The number of allylic oxidation sites excluding steroid dienone is 1. The van der Waals surface area contributed by atoms with Crippen molar-refractivity contribution in [2.24, 2.45) is 5.73 Å². The Morgan fingerprint density at radius 1 is 1.40 bits per heavy atom. The van der Waals surface area contributed by atoms with Crippen molar-refractivity contribution < 1.29 is 19.4 Å². The van der Waals surface area contributed by atoms with Crippen molar-refractivity contribution in [1.29, 1.82) is 5.26 Å². The largest absolute Gasteiger partial charge is 0.508 e. The molecular weight excluding hydrogens is 342 g/mol. The Morgan fingerprint density at radius 2 is 2.04 bits per heavy atom. The second kappa shape index (κ2) is 6.18. The van der Waals surface area contributed by atoms with Gasteiger partial charge in [0.2, 0.25) is 5.91 Å². The number of hydrogen-bond donors (Lipinski definition) is 2. The topological polar surface area (TPSA) is 117 Å². The molecule has 0 radical (unpaired) electrons. The maximum Gasteiger partial charge on any atom is 0.337 e. The molecule has 2 aliphatic heterocycles. The van der Waals surface area contributed by atoms with Crippen LogP contribution < -0.4 is 5.73 Å². The van der Waals surface area contributed by atoms with Gasteiger partial charge in [0.25, 0.3) is 0 Å². The lowest BCUT2D eigenvalue weighted by molar-refractivity contribution is -0.136. The Bertz CT molecular complexity index is 867. The minimum atomic E-state index is -0.769. The number of amides is 1. The normalized spacial score (nSPS) is 22.8.